The van der Waals surface area contributed by atoms with E-state index in [0.717, 1.165) is 0 Å². The van der Waals surface area contributed by atoms with Crippen LogP contribution in [0.25, 0.3) is 0 Å². The van der Waals surface area contributed by atoms with Gasteiger partial charge in [-0.3, -0.25) is 8.37 Å². The van der Waals surface area contributed by atoms with Crippen molar-refractivity contribution in [3.63, 3.8) is 0 Å². The van der Waals surface area contributed by atoms with Crippen LogP contribution in [0.2, 0.25) is 0 Å². The van der Waals surface area contributed by atoms with E-state index in [1.807, 2.05) is 0 Å². The summed E-state index contributed by atoms with van der Waals surface area (Å²) in [5, 5.41) is 0. The van der Waals surface area contributed by atoms with Gasteiger partial charge in [0, 0.05) is 11.6 Å². The second-order valence-corrected chi connectivity index (χ2v) is 8.34. The molecule has 0 spiro atoms. The molecule has 10 nitrogen and oxygen atoms in total. The topological polar surface area (TPSA) is 151 Å². The van der Waals surface area contributed by atoms with Crippen molar-refractivity contribution in [2.75, 3.05) is 7.11 Å². The van der Waals surface area contributed by atoms with Crippen molar-refractivity contribution in [1.82, 2.24) is 0 Å². The van der Waals surface area contributed by atoms with Gasteiger partial charge in [0.05, 0.1) is 6.61 Å². The predicted octanol–water partition coefficient (Wildman–Crippen LogP) is -5.42. The Balaban J connectivity index is 0.00000392. The fraction of sp³-hybridized carbons (Fsp3) is 0.429. The number of methoxy groups -OCH3 is 1. The summed E-state index contributed by atoms with van der Waals surface area (Å²) in [5.41, 5.74) is 0.707. The first kappa shape index (κ1) is 30.1. The number of rotatable bonds is 8. The minimum atomic E-state index is -5.29. The van der Waals surface area contributed by atoms with E-state index in [4.69, 9.17) is 9.47 Å². The summed E-state index contributed by atoms with van der Waals surface area (Å²) in [6.45, 7) is -0.0353. The van der Waals surface area contributed by atoms with Gasteiger partial charge in [-0.15, -0.1) is 0 Å². The summed E-state index contributed by atoms with van der Waals surface area (Å²) in [5.74, 6) is 0. The molecule has 2 rings (SSSR count). The maximum Gasteiger partial charge on any atom is 1.00 e. The Hall–Kier alpha value is 1.10. The largest absolute Gasteiger partial charge is 1.00 e. The van der Waals surface area contributed by atoms with E-state index < -0.39 is 45.2 Å². The van der Waals surface area contributed by atoms with Crippen LogP contribution in [0.5, 0.6) is 0 Å². The van der Waals surface area contributed by atoms with Crippen molar-refractivity contribution in [3.05, 3.63) is 46.5 Å². The van der Waals surface area contributed by atoms with Gasteiger partial charge in [0.1, 0.15) is 24.4 Å². The van der Waals surface area contributed by atoms with Crippen LogP contribution in [-0.2, 0) is 45.2 Å². The van der Waals surface area contributed by atoms with Crippen molar-refractivity contribution < 1.29 is 103 Å². The molecule has 0 heterocycles. The van der Waals surface area contributed by atoms with E-state index in [9.17, 15) is 25.9 Å². The van der Waals surface area contributed by atoms with E-state index in [2.05, 4.69) is 24.3 Å². The first-order valence-electron chi connectivity index (χ1n) is 7.34. The average Bonchev–Trinajstić information content (AvgIpc) is 2.55. The van der Waals surface area contributed by atoms with Gasteiger partial charge in [-0.2, -0.15) is 0 Å². The molecule has 0 N–H and O–H groups in total. The molecule has 152 valence electrons. The summed E-state index contributed by atoms with van der Waals surface area (Å²) < 4.78 is 86.0. The molecule has 0 aliphatic heterocycles. The Kier molecular flexibility index (Phi) is 13.5. The van der Waals surface area contributed by atoms with E-state index in [0.29, 0.717) is 5.56 Å². The minimum absolute atomic E-state index is 0. The number of hydrogen-bond acceptors (Lipinski definition) is 10. The summed E-state index contributed by atoms with van der Waals surface area (Å²) >= 11 is 2.98. The van der Waals surface area contributed by atoms with E-state index in [-0.39, 0.29) is 70.2 Å². The molecule has 1 aliphatic carbocycles. The Labute approximate surface area is 221 Å². The first-order chi connectivity index (χ1) is 12.5. The molecule has 4 atom stereocenters. The maximum atomic E-state index is 11.1. The van der Waals surface area contributed by atoms with Gasteiger partial charge in [0.25, 0.3) is 0 Å². The van der Waals surface area contributed by atoms with Gasteiger partial charge in [0.2, 0.25) is 20.8 Å². The maximum absolute atomic E-state index is 11.1. The van der Waals surface area contributed by atoms with Gasteiger partial charge in [-0.25, -0.2) is 16.8 Å². The Morgan fingerprint density at radius 3 is 2.00 bits per heavy atom. The SMILES string of the molecule is CO[C@H]1C=C(Br)[C@@H](OS(=O)(=O)[O-])[C@@H](OS(=O)(=O)[O-])[C@@H]1OCc1ccccc1.[Na+].[Na+]. The second-order valence-electron chi connectivity index (χ2n) is 5.41. The first-order valence-corrected chi connectivity index (χ1v) is 10.8. The zero-order valence-corrected chi connectivity index (χ0v) is 23.0. The zero-order valence-electron chi connectivity index (χ0n) is 15.8. The minimum Gasteiger partial charge on any atom is -0.726 e. The van der Waals surface area contributed by atoms with Crippen molar-refractivity contribution >= 4 is 36.7 Å². The molecular weight excluding hydrogens is 518 g/mol. The molecule has 0 saturated heterocycles. The average molecular weight is 533 g/mol. The van der Waals surface area contributed by atoms with Crippen molar-refractivity contribution in [1.29, 1.82) is 0 Å². The Bertz CT molecular complexity index is 879. The predicted molar refractivity (Wildman–Crippen MR) is 92.0 cm³/mol. The van der Waals surface area contributed by atoms with Crippen molar-refractivity contribution in [2.45, 2.75) is 31.0 Å². The summed E-state index contributed by atoms with van der Waals surface area (Å²) in [4.78, 5) is 0. The third-order valence-electron chi connectivity index (χ3n) is 3.55. The van der Waals surface area contributed by atoms with Crippen LogP contribution in [0.4, 0.5) is 0 Å². The van der Waals surface area contributed by atoms with Gasteiger partial charge in [-0.1, -0.05) is 46.3 Å². The number of halogens is 1. The molecule has 0 fully saturated rings. The summed E-state index contributed by atoms with van der Waals surface area (Å²) in [7, 11) is -9.26. The molecule has 1 aliphatic rings. The monoisotopic (exact) mass is 532 g/mol. The molecular formula is C14H15BrNa2O10S2. The van der Waals surface area contributed by atoms with Crippen LogP contribution in [0.15, 0.2) is 40.9 Å². The summed E-state index contributed by atoms with van der Waals surface area (Å²) in [6.07, 6.45) is -4.41. The molecule has 0 aromatic heterocycles. The Morgan fingerprint density at radius 1 is 0.966 bits per heavy atom. The fourth-order valence-electron chi connectivity index (χ4n) is 2.49. The molecule has 0 amide bonds. The third-order valence-corrected chi connectivity index (χ3v) is 5.17. The third kappa shape index (κ3) is 10.1. The standard InChI is InChI=1S/C14H17BrO10S2.2Na/c1-22-11-7-10(15)12(24-26(16,17)18)14(25-27(19,20)21)13(11)23-8-9-5-3-2-4-6-9;;/h2-7,11-14H,8H2,1H3,(H,16,17,18)(H,19,20,21);;/q;2*+1/p-2/t11-,12+,13+,14+;;/m0../s1. The van der Waals surface area contributed by atoms with Crippen LogP contribution in [0.3, 0.4) is 0 Å². The zero-order chi connectivity index (χ0) is 20.2. The van der Waals surface area contributed by atoms with E-state index in [1.165, 1.54) is 13.2 Å². The number of hydrogen-bond donors (Lipinski definition) is 0. The molecule has 0 saturated carbocycles. The van der Waals surface area contributed by atoms with Gasteiger partial charge in [0.15, 0.2) is 0 Å². The second kappa shape index (κ2) is 13.0. The van der Waals surface area contributed by atoms with Crippen LogP contribution in [0.1, 0.15) is 5.56 Å². The number of ether oxygens (including phenoxy) is 2. The van der Waals surface area contributed by atoms with Gasteiger partial charge in [-0.05, 0) is 11.6 Å². The molecule has 15 heteroatoms. The number of benzene rings is 1. The molecule has 0 unspecified atom stereocenters. The van der Waals surface area contributed by atoms with Crippen LogP contribution in [0, 0.1) is 0 Å². The summed E-state index contributed by atoms with van der Waals surface area (Å²) in [6, 6.07) is 8.73. The molecule has 1 aromatic carbocycles. The van der Waals surface area contributed by atoms with Gasteiger partial charge < -0.3 is 18.6 Å². The molecule has 1 aromatic rings. The van der Waals surface area contributed by atoms with Crippen LogP contribution in [-0.4, -0.2) is 57.5 Å². The normalized spacial score (nSPS) is 24.8. The van der Waals surface area contributed by atoms with Crippen LogP contribution < -0.4 is 59.1 Å². The van der Waals surface area contributed by atoms with E-state index in [1.54, 1.807) is 30.3 Å². The Morgan fingerprint density at radius 2 is 1.52 bits per heavy atom. The molecule has 0 radical (unpaired) electrons. The van der Waals surface area contributed by atoms with Crippen molar-refractivity contribution in [2.24, 2.45) is 0 Å². The fourth-order valence-corrected chi connectivity index (χ4v) is 4.18. The quantitative estimate of drug-likeness (QED) is 0.180. The van der Waals surface area contributed by atoms with E-state index >= 15 is 0 Å². The molecule has 0 bridgehead atoms. The van der Waals surface area contributed by atoms with Crippen molar-refractivity contribution in [3.8, 4) is 0 Å². The van der Waals surface area contributed by atoms with Gasteiger partial charge >= 0.3 is 59.1 Å². The molecule has 29 heavy (non-hydrogen) atoms. The smallest absolute Gasteiger partial charge is 0.726 e. The van der Waals surface area contributed by atoms with Crippen LogP contribution >= 0.6 is 15.9 Å².